The molecule has 1 aliphatic heterocycles. The third-order valence-electron chi connectivity index (χ3n) is 4.83. The summed E-state index contributed by atoms with van der Waals surface area (Å²) in [4.78, 5) is 43.4. The van der Waals surface area contributed by atoms with Crippen molar-refractivity contribution in [3.05, 3.63) is 60.7 Å². The molecule has 0 unspecified atom stereocenters. The lowest BCUT2D eigenvalue weighted by Gasteiger charge is -2.35. The van der Waals surface area contributed by atoms with Crippen LogP contribution in [0.4, 0.5) is 10.6 Å². The van der Waals surface area contributed by atoms with Gasteiger partial charge in [-0.3, -0.25) is 14.3 Å². The summed E-state index contributed by atoms with van der Waals surface area (Å²) in [6.45, 7) is 4.04. The lowest BCUT2D eigenvalue weighted by Crippen LogP contribution is -2.50. The van der Waals surface area contributed by atoms with Gasteiger partial charge in [0, 0.05) is 44.1 Å². The van der Waals surface area contributed by atoms with Gasteiger partial charge in [0.05, 0.1) is 12.2 Å². The largest absolute Gasteiger partial charge is 0.450 e. The number of ether oxygens (including phenoxy) is 1. The van der Waals surface area contributed by atoms with Crippen LogP contribution in [-0.2, 0) is 18.2 Å². The summed E-state index contributed by atoms with van der Waals surface area (Å²) in [5.74, 6) is 0.521. The predicted molar refractivity (Wildman–Crippen MR) is 110 cm³/mol. The van der Waals surface area contributed by atoms with E-state index in [1.54, 1.807) is 11.8 Å². The quantitative estimate of drug-likeness (QED) is 0.765. The second kappa shape index (κ2) is 8.64. The first kappa shape index (κ1) is 20.2. The average Bonchev–Trinajstić information content (AvgIpc) is 2.70. The molecular weight excluding hydrogens is 428 g/mol. The van der Waals surface area contributed by atoms with E-state index in [0.717, 1.165) is 14.6 Å². The number of piperazine rings is 1. The minimum atomic E-state index is -0.455. The number of hydrogen-bond acceptors (Lipinski definition) is 5. The molecule has 1 aliphatic rings. The molecule has 0 radical (unpaired) electrons. The summed E-state index contributed by atoms with van der Waals surface area (Å²) in [6.07, 6.45) is 0.0474. The number of anilines is 1. The molecule has 3 rings (SSSR count). The number of amides is 1. The van der Waals surface area contributed by atoms with Crippen molar-refractivity contribution in [2.75, 3.05) is 37.7 Å². The molecular formula is C19H23BrN4O4. The number of rotatable bonds is 4. The molecule has 150 valence electrons. The number of aromatic amines is 1. The molecule has 0 saturated carbocycles. The fraction of sp³-hybridized carbons (Fsp3) is 0.421. The van der Waals surface area contributed by atoms with Gasteiger partial charge in [-0.15, -0.1) is 0 Å². The van der Waals surface area contributed by atoms with E-state index in [-0.39, 0.29) is 11.7 Å². The van der Waals surface area contributed by atoms with Crippen molar-refractivity contribution < 1.29 is 9.53 Å². The number of H-pyrrole nitrogens is 1. The van der Waals surface area contributed by atoms with E-state index >= 15 is 0 Å². The van der Waals surface area contributed by atoms with Gasteiger partial charge in [0.2, 0.25) is 0 Å². The van der Waals surface area contributed by atoms with Crippen LogP contribution in [0.3, 0.4) is 0 Å². The second-order valence-corrected chi connectivity index (χ2v) is 7.42. The third kappa shape index (κ3) is 4.14. The van der Waals surface area contributed by atoms with Crippen molar-refractivity contribution in [3.8, 4) is 0 Å². The van der Waals surface area contributed by atoms with Crippen molar-refractivity contribution in [1.29, 1.82) is 0 Å². The van der Waals surface area contributed by atoms with Crippen LogP contribution in [0.5, 0.6) is 0 Å². The molecule has 1 amide bonds. The molecule has 2 aromatic rings. The van der Waals surface area contributed by atoms with Gasteiger partial charge in [-0.2, -0.15) is 0 Å². The Morgan fingerprint density at radius 1 is 1.18 bits per heavy atom. The molecule has 1 aromatic carbocycles. The molecule has 8 nitrogen and oxygen atoms in total. The summed E-state index contributed by atoms with van der Waals surface area (Å²) < 4.78 is 7.04. The van der Waals surface area contributed by atoms with Crippen molar-refractivity contribution in [1.82, 2.24) is 14.5 Å². The van der Waals surface area contributed by atoms with Gasteiger partial charge in [0.15, 0.2) is 0 Å². The summed E-state index contributed by atoms with van der Waals surface area (Å²) >= 11 is 3.52. The fourth-order valence-electron chi connectivity index (χ4n) is 3.25. The van der Waals surface area contributed by atoms with Gasteiger partial charge in [-0.1, -0.05) is 34.1 Å². The van der Waals surface area contributed by atoms with Crippen molar-refractivity contribution in [3.63, 3.8) is 0 Å². The normalized spacial score (nSPS) is 14.2. The maximum Gasteiger partial charge on any atom is 0.409 e. The number of halogens is 1. The Morgan fingerprint density at radius 2 is 1.86 bits per heavy atom. The van der Waals surface area contributed by atoms with Crippen LogP contribution in [0, 0.1) is 0 Å². The summed E-state index contributed by atoms with van der Waals surface area (Å²) in [5.41, 5.74) is 0.711. The van der Waals surface area contributed by atoms with E-state index in [9.17, 15) is 14.4 Å². The number of hydrogen-bond donors (Lipinski definition) is 1. The Hall–Kier alpha value is -2.55. The number of aromatic nitrogens is 2. The van der Waals surface area contributed by atoms with Gasteiger partial charge in [0.1, 0.15) is 5.82 Å². The number of nitrogens with zero attached hydrogens (tertiary/aromatic N) is 3. The minimum absolute atomic E-state index is 0.317. The predicted octanol–water partition coefficient (Wildman–Crippen LogP) is 1.71. The molecule has 2 heterocycles. The summed E-state index contributed by atoms with van der Waals surface area (Å²) in [7, 11) is 1.47. The van der Waals surface area contributed by atoms with E-state index in [2.05, 4.69) is 20.9 Å². The highest BCUT2D eigenvalue weighted by molar-refractivity contribution is 9.10. The highest BCUT2D eigenvalue weighted by atomic mass is 79.9. The number of carbonyl (C=O) groups excluding carboxylic acids is 1. The molecule has 0 spiro atoms. The monoisotopic (exact) mass is 450 g/mol. The van der Waals surface area contributed by atoms with Gasteiger partial charge in [-0.05, 0) is 18.6 Å². The molecule has 1 saturated heterocycles. The van der Waals surface area contributed by atoms with E-state index in [1.807, 2.05) is 29.2 Å². The van der Waals surface area contributed by atoms with Crippen LogP contribution in [0.25, 0.3) is 0 Å². The topological polar surface area (TPSA) is 87.6 Å². The van der Waals surface area contributed by atoms with E-state index in [0.29, 0.717) is 50.6 Å². The standard InChI is InChI=1S/C19H23BrN4O4/c1-3-28-19(27)24-10-8-23(9-11-24)16-14(17(25)22(2)18(26)21-16)12-13-6-4-5-7-15(13)20/h4-7H,3,8-12H2,1-2H3,(H,21,26). The van der Waals surface area contributed by atoms with Gasteiger partial charge in [-0.25, -0.2) is 9.59 Å². The van der Waals surface area contributed by atoms with Crippen LogP contribution >= 0.6 is 15.9 Å². The van der Waals surface area contributed by atoms with Crippen molar-refractivity contribution in [2.24, 2.45) is 7.05 Å². The Balaban J connectivity index is 1.91. The first-order valence-electron chi connectivity index (χ1n) is 9.14. The van der Waals surface area contributed by atoms with Crippen molar-refractivity contribution >= 4 is 27.8 Å². The van der Waals surface area contributed by atoms with E-state index in [1.165, 1.54) is 7.05 Å². The third-order valence-corrected chi connectivity index (χ3v) is 5.60. The molecule has 0 atom stereocenters. The first-order chi connectivity index (χ1) is 13.4. The van der Waals surface area contributed by atoms with Crippen LogP contribution in [-0.4, -0.2) is 53.3 Å². The molecule has 1 fully saturated rings. The summed E-state index contributed by atoms with van der Waals surface area (Å²) in [5, 5.41) is 0. The molecule has 28 heavy (non-hydrogen) atoms. The number of nitrogens with one attached hydrogen (secondary N) is 1. The van der Waals surface area contributed by atoms with Crippen LogP contribution in [0.15, 0.2) is 38.3 Å². The van der Waals surface area contributed by atoms with Crippen LogP contribution in [0.1, 0.15) is 18.1 Å². The van der Waals surface area contributed by atoms with Crippen LogP contribution < -0.4 is 16.1 Å². The van der Waals surface area contributed by atoms with Gasteiger partial charge in [0.25, 0.3) is 5.56 Å². The van der Waals surface area contributed by atoms with E-state index in [4.69, 9.17) is 4.74 Å². The molecule has 0 bridgehead atoms. The number of benzene rings is 1. The fourth-order valence-corrected chi connectivity index (χ4v) is 3.67. The molecule has 1 N–H and O–H groups in total. The SMILES string of the molecule is CCOC(=O)N1CCN(c2[nH]c(=O)n(C)c(=O)c2Cc2ccccc2Br)CC1. The van der Waals surface area contributed by atoms with Crippen molar-refractivity contribution in [2.45, 2.75) is 13.3 Å². The zero-order chi connectivity index (χ0) is 20.3. The smallest absolute Gasteiger partial charge is 0.409 e. The maximum atomic E-state index is 12.8. The minimum Gasteiger partial charge on any atom is -0.450 e. The number of carbonyl (C=O) groups is 1. The molecule has 0 aliphatic carbocycles. The molecule has 9 heteroatoms. The highest BCUT2D eigenvalue weighted by Gasteiger charge is 2.25. The Labute approximate surface area is 170 Å². The summed E-state index contributed by atoms with van der Waals surface area (Å²) in [6, 6.07) is 7.68. The zero-order valence-electron chi connectivity index (χ0n) is 15.9. The Bertz CT molecular complexity index is 977. The maximum absolute atomic E-state index is 12.8. The lowest BCUT2D eigenvalue weighted by molar-refractivity contribution is 0.105. The second-order valence-electron chi connectivity index (χ2n) is 6.56. The lowest BCUT2D eigenvalue weighted by atomic mass is 10.1. The van der Waals surface area contributed by atoms with Gasteiger partial charge >= 0.3 is 11.8 Å². The Morgan fingerprint density at radius 3 is 2.50 bits per heavy atom. The first-order valence-corrected chi connectivity index (χ1v) is 9.94. The Kier molecular flexibility index (Phi) is 6.23. The average molecular weight is 451 g/mol. The highest BCUT2D eigenvalue weighted by Crippen LogP contribution is 2.23. The zero-order valence-corrected chi connectivity index (χ0v) is 17.5. The van der Waals surface area contributed by atoms with Gasteiger partial charge < -0.3 is 14.5 Å². The van der Waals surface area contributed by atoms with Crippen LogP contribution in [0.2, 0.25) is 0 Å². The van der Waals surface area contributed by atoms with E-state index < -0.39 is 5.69 Å². The molecule has 1 aromatic heterocycles.